The molecule has 2 bridgehead atoms. The summed E-state index contributed by atoms with van der Waals surface area (Å²) in [6, 6.07) is 9.57. The lowest BCUT2D eigenvalue weighted by Crippen LogP contribution is -2.64. The number of benzene rings is 2. The van der Waals surface area contributed by atoms with E-state index < -0.39 is 23.7 Å². The van der Waals surface area contributed by atoms with Crippen molar-refractivity contribution in [2.45, 2.75) is 24.2 Å². The summed E-state index contributed by atoms with van der Waals surface area (Å²) in [6.07, 6.45) is -0.430. The van der Waals surface area contributed by atoms with Crippen LogP contribution in [0.2, 0.25) is 20.1 Å². The van der Waals surface area contributed by atoms with Crippen LogP contribution in [0.3, 0.4) is 0 Å². The van der Waals surface area contributed by atoms with Gasteiger partial charge in [-0.15, -0.1) is 0 Å². The number of ether oxygens (including phenoxy) is 2. The first kappa shape index (κ1) is 19.5. The summed E-state index contributed by atoms with van der Waals surface area (Å²) >= 11 is 25.6. The zero-order valence-corrected chi connectivity index (χ0v) is 17.8. The van der Waals surface area contributed by atoms with Gasteiger partial charge in [-0.1, -0.05) is 76.7 Å². The molecular formula is C20H13Cl4NO4. The molecule has 1 unspecified atom stereocenters. The van der Waals surface area contributed by atoms with Gasteiger partial charge >= 0.3 is 5.97 Å². The van der Waals surface area contributed by atoms with Gasteiger partial charge in [-0.2, -0.15) is 0 Å². The highest BCUT2D eigenvalue weighted by molar-refractivity contribution is 6.53. The fourth-order valence-electron chi connectivity index (χ4n) is 4.54. The van der Waals surface area contributed by atoms with E-state index in [1.54, 1.807) is 0 Å². The van der Waals surface area contributed by atoms with Gasteiger partial charge in [-0.05, 0) is 5.56 Å². The molecule has 4 aliphatic heterocycles. The van der Waals surface area contributed by atoms with E-state index in [-0.39, 0.29) is 51.1 Å². The van der Waals surface area contributed by atoms with Crippen LogP contribution in [0.5, 0.6) is 0 Å². The molecule has 2 aromatic carbocycles. The summed E-state index contributed by atoms with van der Waals surface area (Å²) in [6.45, 7) is 0.161. The van der Waals surface area contributed by atoms with Gasteiger partial charge in [0.05, 0.1) is 38.0 Å². The summed E-state index contributed by atoms with van der Waals surface area (Å²) in [5, 5.41) is 0.229. The molecule has 0 radical (unpaired) electrons. The average molecular weight is 473 g/mol. The number of esters is 1. The number of carbonyl (C=O) groups excluding carboxylic acids is 2. The van der Waals surface area contributed by atoms with Crippen LogP contribution in [-0.4, -0.2) is 36.0 Å². The molecule has 4 aliphatic rings. The van der Waals surface area contributed by atoms with E-state index >= 15 is 0 Å². The van der Waals surface area contributed by atoms with Crippen LogP contribution >= 0.6 is 46.4 Å². The maximum Gasteiger partial charge on any atom is 0.307 e. The Bertz CT molecular complexity index is 1060. The Hall–Kier alpha value is -1.50. The summed E-state index contributed by atoms with van der Waals surface area (Å²) in [5.41, 5.74) is 0.245. The molecule has 29 heavy (non-hydrogen) atoms. The highest BCUT2D eigenvalue weighted by Crippen LogP contribution is 2.63. The maximum absolute atomic E-state index is 13.4. The first-order chi connectivity index (χ1) is 13.9. The fourth-order valence-corrected chi connectivity index (χ4v) is 5.61. The third kappa shape index (κ3) is 2.52. The molecule has 3 saturated heterocycles. The minimum Gasteiger partial charge on any atom is -0.463 e. The Balaban J connectivity index is 1.80. The second-order valence-corrected chi connectivity index (χ2v) is 8.65. The molecule has 9 heteroatoms. The lowest BCUT2D eigenvalue weighted by atomic mass is 9.74. The first-order valence-corrected chi connectivity index (χ1v) is 10.5. The Morgan fingerprint density at radius 3 is 2.38 bits per heavy atom. The van der Waals surface area contributed by atoms with Gasteiger partial charge in [0.25, 0.3) is 5.91 Å². The number of amides is 1. The summed E-state index contributed by atoms with van der Waals surface area (Å²) < 4.78 is 11.6. The number of halogens is 4. The molecule has 5 nitrogen and oxygen atoms in total. The minimum atomic E-state index is -1.23. The van der Waals surface area contributed by atoms with Crippen LogP contribution < -0.4 is 0 Å². The smallest absolute Gasteiger partial charge is 0.307 e. The van der Waals surface area contributed by atoms with Crippen molar-refractivity contribution < 1.29 is 19.1 Å². The summed E-state index contributed by atoms with van der Waals surface area (Å²) in [5.74, 6) is -1.13. The minimum absolute atomic E-state index is 0.0149. The van der Waals surface area contributed by atoms with Crippen molar-refractivity contribution in [1.82, 2.24) is 4.90 Å². The Kier molecular flexibility index (Phi) is 4.53. The van der Waals surface area contributed by atoms with Crippen molar-refractivity contribution >= 4 is 58.3 Å². The molecule has 0 aromatic heterocycles. The van der Waals surface area contributed by atoms with Gasteiger partial charge in [0.1, 0.15) is 12.7 Å². The molecule has 0 aliphatic carbocycles. The lowest BCUT2D eigenvalue weighted by Gasteiger charge is -2.56. The van der Waals surface area contributed by atoms with E-state index in [2.05, 4.69) is 0 Å². The molecule has 1 spiro atoms. The summed E-state index contributed by atoms with van der Waals surface area (Å²) in [4.78, 5) is 27.0. The number of hydrogen-bond acceptors (Lipinski definition) is 4. The molecule has 0 N–H and O–H groups in total. The SMILES string of the molecule is O=C1CCN2C(=O)c3c(Cl)c(Cl)c(Cl)c(Cl)c3C23O[C@@H](CO1)[C@H]3c1ccccc1. The molecule has 1 amide bonds. The van der Waals surface area contributed by atoms with Crippen LogP contribution in [0.15, 0.2) is 30.3 Å². The van der Waals surface area contributed by atoms with Crippen molar-refractivity contribution in [1.29, 1.82) is 0 Å². The predicted octanol–water partition coefficient (Wildman–Crippen LogP) is 5.04. The Morgan fingerprint density at radius 1 is 0.966 bits per heavy atom. The van der Waals surface area contributed by atoms with Gasteiger partial charge in [0.15, 0.2) is 5.72 Å². The van der Waals surface area contributed by atoms with Crippen molar-refractivity contribution in [3.8, 4) is 0 Å². The van der Waals surface area contributed by atoms with Crippen molar-refractivity contribution in [3.05, 3.63) is 67.1 Å². The molecule has 6 rings (SSSR count). The van der Waals surface area contributed by atoms with Gasteiger partial charge in [0, 0.05) is 12.1 Å². The standard InChI is InChI=1S/C20H13Cl4NO4/c21-15-12-14(16(22)18(24)17(15)23)20-13(9-4-2-1-3-5-9)10(29-20)8-28-11(26)6-7-25(20)19(12)27/h1-5,10,13H,6-8H2/t10-,13+,20?/m0/s1. The van der Waals surface area contributed by atoms with E-state index in [0.29, 0.717) is 5.56 Å². The topological polar surface area (TPSA) is 55.8 Å². The van der Waals surface area contributed by atoms with Crippen molar-refractivity contribution in [2.75, 3.05) is 13.2 Å². The Morgan fingerprint density at radius 2 is 1.66 bits per heavy atom. The second-order valence-electron chi connectivity index (χ2n) is 7.14. The number of rotatable bonds is 1. The molecule has 150 valence electrons. The first-order valence-electron chi connectivity index (χ1n) is 8.94. The predicted molar refractivity (Wildman–Crippen MR) is 109 cm³/mol. The lowest BCUT2D eigenvalue weighted by molar-refractivity contribution is -0.297. The van der Waals surface area contributed by atoms with Crippen LogP contribution in [0.25, 0.3) is 0 Å². The number of nitrogens with zero attached hydrogens (tertiary/aromatic N) is 1. The van der Waals surface area contributed by atoms with Gasteiger partial charge in [0.2, 0.25) is 0 Å². The molecule has 3 fully saturated rings. The molecule has 2 aromatic rings. The number of hydrogen-bond donors (Lipinski definition) is 0. The second kappa shape index (κ2) is 6.76. The number of carbonyl (C=O) groups is 2. The maximum atomic E-state index is 13.4. The monoisotopic (exact) mass is 471 g/mol. The third-order valence-electron chi connectivity index (χ3n) is 5.72. The largest absolute Gasteiger partial charge is 0.463 e. The highest BCUT2D eigenvalue weighted by Gasteiger charge is 2.68. The third-order valence-corrected chi connectivity index (χ3v) is 7.52. The summed E-state index contributed by atoms with van der Waals surface area (Å²) in [7, 11) is 0. The van der Waals surface area contributed by atoms with Crippen LogP contribution in [0.4, 0.5) is 0 Å². The molecule has 3 atom stereocenters. The highest BCUT2D eigenvalue weighted by atomic mass is 35.5. The molecular weight excluding hydrogens is 460 g/mol. The van der Waals surface area contributed by atoms with E-state index in [0.717, 1.165) is 5.56 Å². The van der Waals surface area contributed by atoms with Crippen molar-refractivity contribution in [3.63, 3.8) is 0 Å². The van der Waals surface area contributed by atoms with E-state index in [1.165, 1.54) is 4.90 Å². The van der Waals surface area contributed by atoms with Crippen LogP contribution in [-0.2, 0) is 20.0 Å². The Labute approximate surface area is 186 Å². The van der Waals surface area contributed by atoms with Crippen LogP contribution in [0.1, 0.15) is 33.8 Å². The average Bonchev–Trinajstić information content (AvgIpc) is 3.02. The van der Waals surface area contributed by atoms with Gasteiger partial charge in [-0.25, -0.2) is 0 Å². The van der Waals surface area contributed by atoms with Crippen molar-refractivity contribution in [2.24, 2.45) is 0 Å². The van der Waals surface area contributed by atoms with Gasteiger partial charge < -0.3 is 14.4 Å². The van der Waals surface area contributed by atoms with E-state index in [1.807, 2.05) is 30.3 Å². The van der Waals surface area contributed by atoms with E-state index in [9.17, 15) is 9.59 Å². The van der Waals surface area contributed by atoms with E-state index in [4.69, 9.17) is 55.9 Å². The normalized spacial score (nSPS) is 27.9. The zero-order chi connectivity index (χ0) is 20.5. The zero-order valence-electron chi connectivity index (χ0n) is 14.8. The van der Waals surface area contributed by atoms with Gasteiger partial charge in [-0.3, -0.25) is 9.59 Å². The van der Waals surface area contributed by atoms with Crippen LogP contribution in [0, 0.1) is 0 Å². The fraction of sp³-hybridized carbons (Fsp3) is 0.300. The molecule has 4 heterocycles. The molecule has 0 saturated carbocycles. The number of fused-ring (bicyclic) bond motifs is 5. The quantitative estimate of drug-likeness (QED) is 0.331.